The van der Waals surface area contributed by atoms with Crippen LogP contribution in [-0.2, 0) is 23.0 Å². The molecule has 0 saturated heterocycles. The smallest absolute Gasteiger partial charge is 0.326 e. The third kappa shape index (κ3) is 5.22. The Morgan fingerprint density at radius 2 is 1.71 bits per heavy atom. The first-order chi connectivity index (χ1) is 16.9. The second kappa shape index (κ2) is 10.2. The van der Waals surface area contributed by atoms with E-state index in [-0.39, 0.29) is 24.9 Å². The predicted molar refractivity (Wildman–Crippen MR) is 136 cm³/mol. The summed E-state index contributed by atoms with van der Waals surface area (Å²) < 4.78 is 7.08. The number of aryl methyl sites for hydroxylation is 1. The minimum atomic E-state index is -0.471. The van der Waals surface area contributed by atoms with Crippen LogP contribution < -0.4 is 10.6 Å². The van der Waals surface area contributed by atoms with Gasteiger partial charge < -0.3 is 15.0 Å². The lowest BCUT2D eigenvalue weighted by atomic mass is 10.1. The number of imidazole rings is 1. The molecule has 35 heavy (non-hydrogen) atoms. The molecule has 3 aromatic carbocycles. The molecule has 0 unspecified atom stereocenters. The van der Waals surface area contributed by atoms with Gasteiger partial charge in [0.25, 0.3) is 5.91 Å². The number of fused-ring (bicyclic) bond motifs is 1. The van der Waals surface area contributed by atoms with E-state index in [9.17, 15) is 9.59 Å². The number of para-hydroxylation sites is 1. The van der Waals surface area contributed by atoms with Crippen molar-refractivity contribution >= 4 is 34.4 Å². The van der Waals surface area contributed by atoms with Crippen molar-refractivity contribution in [1.82, 2.24) is 9.55 Å². The molecule has 0 saturated carbocycles. The molecule has 0 radical (unpaired) electrons. The van der Waals surface area contributed by atoms with Crippen LogP contribution in [0.3, 0.4) is 0 Å². The van der Waals surface area contributed by atoms with Gasteiger partial charge in [-0.2, -0.15) is 0 Å². The highest BCUT2D eigenvalue weighted by molar-refractivity contribution is 6.09. The third-order valence-electron chi connectivity index (χ3n) is 5.75. The number of carbonyl (C=O) groups excluding carboxylic acids is 2. The molecule has 8 heteroatoms. The van der Waals surface area contributed by atoms with E-state index in [2.05, 4.69) is 0 Å². The highest BCUT2D eigenvalue weighted by atomic mass is 16.5. The molecule has 0 aliphatic carbocycles. The number of nitrogen functional groups attached to an aromatic ring is 1. The minimum Gasteiger partial charge on any atom is -0.465 e. The Morgan fingerprint density at radius 3 is 2.37 bits per heavy atom. The van der Waals surface area contributed by atoms with Gasteiger partial charge >= 0.3 is 5.97 Å². The largest absolute Gasteiger partial charge is 0.465 e. The van der Waals surface area contributed by atoms with Gasteiger partial charge in [0.05, 0.1) is 17.6 Å². The van der Waals surface area contributed by atoms with E-state index in [0.29, 0.717) is 28.8 Å². The number of rotatable bonds is 8. The summed E-state index contributed by atoms with van der Waals surface area (Å²) in [4.78, 5) is 31.8. The van der Waals surface area contributed by atoms with Gasteiger partial charge in [0.2, 0.25) is 0 Å². The van der Waals surface area contributed by atoms with Crippen LogP contribution in [0.2, 0.25) is 0 Å². The SMILES string of the molecule is CCOC(=O)CN(C(=O)c1ccc2c(c1)nc(Cc1ccc(C(=N)N)cc1)n2C)c1ccccc1. The Balaban J connectivity index is 1.63. The molecule has 0 aliphatic heterocycles. The van der Waals surface area contributed by atoms with Crippen LogP contribution in [0.4, 0.5) is 5.69 Å². The maximum Gasteiger partial charge on any atom is 0.326 e. The van der Waals surface area contributed by atoms with E-state index in [1.54, 1.807) is 31.2 Å². The molecule has 4 aromatic rings. The fourth-order valence-corrected chi connectivity index (χ4v) is 3.91. The minimum absolute atomic E-state index is 0.0315. The summed E-state index contributed by atoms with van der Waals surface area (Å²) in [7, 11) is 1.94. The number of nitrogens with two attached hydrogens (primary N) is 1. The predicted octanol–water partition coefficient (Wildman–Crippen LogP) is 3.66. The topological polar surface area (TPSA) is 114 Å². The average Bonchev–Trinajstić information content (AvgIpc) is 3.17. The van der Waals surface area contributed by atoms with Crippen molar-refractivity contribution in [3.8, 4) is 0 Å². The Morgan fingerprint density at radius 1 is 1.03 bits per heavy atom. The van der Waals surface area contributed by atoms with Crippen LogP contribution in [0.5, 0.6) is 0 Å². The second-order valence-corrected chi connectivity index (χ2v) is 8.11. The number of esters is 1. The number of nitrogens with zero attached hydrogens (tertiary/aromatic N) is 3. The molecule has 1 amide bonds. The Kier molecular flexibility index (Phi) is 6.91. The van der Waals surface area contributed by atoms with Crippen molar-refractivity contribution in [3.05, 3.63) is 95.3 Å². The Labute approximate surface area is 203 Å². The van der Waals surface area contributed by atoms with Gasteiger partial charge in [-0.05, 0) is 42.8 Å². The number of benzene rings is 3. The molecule has 0 atom stereocenters. The first-order valence-corrected chi connectivity index (χ1v) is 11.3. The molecule has 0 spiro atoms. The van der Waals surface area contributed by atoms with Crippen molar-refractivity contribution in [1.29, 1.82) is 5.41 Å². The van der Waals surface area contributed by atoms with Crippen molar-refractivity contribution in [2.24, 2.45) is 12.8 Å². The van der Waals surface area contributed by atoms with Gasteiger partial charge in [0, 0.05) is 30.3 Å². The number of hydrogen-bond acceptors (Lipinski definition) is 5. The summed E-state index contributed by atoms with van der Waals surface area (Å²) in [6, 6.07) is 21.9. The van der Waals surface area contributed by atoms with Crippen LogP contribution in [-0.4, -0.2) is 40.4 Å². The number of aromatic nitrogens is 2. The van der Waals surface area contributed by atoms with Crippen LogP contribution in [0.1, 0.15) is 34.2 Å². The molecule has 0 fully saturated rings. The lowest BCUT2D eigenvalue weighted by Gasteiger charge is -2.22. The van der Waals surface area contributed by atoms with Crippen LogP contribution in [0.25, 0.3) is 11.0 Å². The van der Waals surface area contributed by atoms with Crippen molar-refractivity contribution in [2.75, 3.05) is 18.1 Å². The quantitative estimate of drug-likeness (QED) is 0.232. The number of hydrogen-bond donors (Lipinski definition) is 2. The average molecular weight is 470 g/mol. The first kappa shape index (κ1) is 23.7. The van der Waals surface area contributed by atoms with E-state index in [1.807, 2.05) is 60.1 Å². The fraction of sp³-hybridized carbons (Fsp3) is 0.185. The van der Waals surface area contributed by atoms with Gasteiger partial charge in [0.1, 0.15) is 18.2 Å². The zero-order chi connectivity index (χ0) is 24.9. The molecular formula is C27H27N5O3. The van der Waals surface area contributed by atoms with E-state index in [0.717, 1.165) is 16.9 Å². The third-order valence-corrected chi connectivity index (χ3v) is 5.75. The van der Waals surface area contributed by atoms with Crippen LogP contribution >= 0.6 is 0 Å². The lowest BCUT2D eigenvalue weighted by molar-refractivity contribution is -0.141. The van der Waals surface area contributed by atoms with Crippen molar-refractivity contribution in [3.63, 3.8) is 0 Å². The number of anilines is 1. The summed E-state index contributed by atoms with van der Waals surface area (Å²) in [5, 5.41) is 7.54. The van der Waals surface area contributed by atoms with E-state index < -0.39 is 5.97 Å². The first-order valence-electron chi connectivity index (χ1n) is 11.3. The molecule has 4 rings (SSSR count). The van der Waals surface area contributed by atoms with Gasteiger partial charge in [-0.25, -0.2) is 4.98 Å². The maximum absolute atomic E-state index is 13.5. The molecule has 1 aromatic heterocycles. The molecule has 8 nitrogen and oxygen atoms in total. The van der Waals surface area contributed by atoms with Gasteiger partial charge in [-0.3, -0.25) is 19.9 Å². The molecule has 178 valence electrons. The fourth-order valence-electron chi connectivity index (χ4n) is 3.91. The van der Waals surface area contributed by atoms with Gasteiger partial charge in [-0.15, -0.1) is 0 Å². The molecule has 3 N–H and O–H groups in total. The van der Waals surface area contributed by atoms with Crippen molar-refractivity contribution < 1.29 is 14.3 Å². The number of amides is 1. The highest BCUT2D eigenvalue weighted by Gasteiger charge is 2.22. The highest BCUT2D eigenvalue weighted by Crippen LogP contribution is 2.22. The van der Waals surface area contributed by atoms with E-state index in [1.165, 1.54) is 4.90 Å². The monoisotopic (exact) mass is 469 g/mol. The second-order valence-electron chi connectivity index (χ2n) is 8.11. The van der Waals surface area contributed by atoms with E-state index in [4.69, 9.17) is 20.9 Å². The van der Waals surface area contributed by atoms with Gasteiger partial charge in [0.15, 0.2) is 0 Å². The summed E-state index contributed by atoms with van der Waals surface area (Å²) in [6.07, 6.45) is 0.589. The van der Waals surface area contributed by atoms with Crippen LogP contribution in [0.15, 0.2) is 72.8 Å². The van der Waals surface area contributed by atoms with Crippen molar-refractivity contribution in [2.45, 2.75) is 13.3 Å². The Bertz CT molecular complexity index is 1380. The molecule has 1 heterocycles. The van der Waals surface area contributed by atoms with Crippen LogP contribution in [0, 0.1) is 5.41 Å². The number of nitrogens with one attached hydrogen (secondary N) is 1. The molecule has 0 bridgehead atoms. The molecular weight excluding hydrogens is 442 g/mol. The number of amidine groups is 1. The van der Waals surface area contributed by atoms with E-state index >= 15 is 0 Å². The Hall–Kier alpha value is -4.46. The summed E-state index contributed by atoms with van der Waals surface area (Å²) >= 11 is 0. The lowest BCUT2D eigenvalue weighted by Crippen LogP contribution is -2.36. The number of ether oxygens (including phenoxy) is 1. The summed E-state index contributed by atoms with van der Waals surface area (Å²) in [5.74, 6) is 0.0930. The summed E-state index contributed by atoms with van der Waals surface area (Å²) in [6.45, 7) is 1.80. The molecule has 0 aliphatic rings. The standard InChI is InChI=1S/C27H27N5O3/c1-3-35-25(33)17-32(21-7-5-4-6-8-21)27(34)20-13-14-23-22(16-20)30-24(31(23)2)15-18-9-11-19(12-10-18)26(28)29/h4-14,16H,3,15,17H2,1-2H3,(H3,28,29). The zero-order valence-corrected chi connectivity index (χ0v) is 19.7. The zero-order valence-electron chi connectivity index (χ0n) is 19.7. The normalized spacial score (nSPS) is 10.8. The summed E-state index contributed by atoms with van der Waals surface area (Å²) in [5.41, 5.74) is 9.88. The maximum atomic E-state index is 13.5. The number of carbonyl (C=O) groups is 2. The van der Waals surface area contributed by atoms with Gasteiger partial charge in [-0.1, -0.05) is 42.5 Å².